The van der Waals surface area contributed by atoms with Gasteiger partial charge in [-0.2, -0.15) is 13.2 Å². The molecule has 3 aromatic rings. The predicted molar refractivity (Wildman–Crippen MR) is 107 cm³/mol. The Labute approximate surface area is 170 Å². The molecule has 0 saturated carbocycles. The molecule has 2 unspecified atom stereocenters. The highest BCUT2D eigenvalue weighted by molar-refractivity contribution is 7.15. The van der Waals surface area contributed by atoms with Crippen molar-refractivity contribution in [3.8, 4) is 10.4 Å². The van der Waals surface area contributed by atoms with Crippen molar-refractivity contribution in [2.45, 2.75) is 24.4 Å². The molecule has 2 atom stereocenters. The Balaban J connectivity index is 1.56. The fourth-order valence-corrected chi connectivity index (χ4v) is 4.82. The number of hydrogen-bond donors (Lipinski definition) is 0. The molecule has 2 aromatic carbocycles. The summed E-state index contributed by atoms with van der Waals surface area (Å²) in [6.07, 6.45) is -0.939. The number of rotatable bonds is 4. The molecule has 29 heavy (non-hydrogen) atoms. The van der Waals surface area contributed by atoms with Gasteiger partial charge in [0.15, 0.2) is 0 Å². The van der Waals surface area contributed by atoms with Gasteiger partial charge in [0, 0.05) is 31.1 Å². The quantitative estimate of drug-likeness (QED) is 0.522. The van der Waals surface area contributed by atoms with Crippen LogP contribution in [0.3, 0.4) is 0 Å². The van der Waals surface area contributed by atoms with Crippen molar-refractivity contribution >= 4 is 17.7 Å². The molecule has 4 rings (SSSR count). The third-order valence-corrected chi connectivity index (χ3v) is 6.48. The number of likely N-dealkylation sites (tertiary alicyclic amines) is 1. The molecule has 1 aliphatic rings. The highest BCUT2D eigenvalue weighted by Crippen LogP contribution is 2.39. The number of halogens is 3. The number of carbonyl (C=O) groups excluding carboxylic acids is 1. The van der Waals surface area contributed by atoms with Crippen LogP contribution in [0.4, 0.5) is 13.2 Å². The molecular weight excluding hydrogens is 397 g/mol. The predicted octanol–water partition coefficient (Wildman–Crippen LogP) is 5.56. The smallest absolute Gasteiger partial charge is 0.344 e. The molecule has 1 saturated heterocycles. The molecular formula is C22H19F3N2OS. The number of piperidine rings is 1. The fourth-order valence-electron chi connectivity index (χ4n) is 3.80. The van der Waals surface area contributed by atoms with E-state index in [1.807, 2.05) is 36.5 Å². The maximum absolute atomic E-state index is 12.8. The van der Waals surface area contributed by atoms with E-state index in [2.05, 4.69) is 4.98 Å². The van der Waals surface area contributed by atoms with Crippen molar-refractivity contribution in [3.63, 3.8) is 0 Å². The van der Waals surface area contributed by atoms with Gasteiger partial charge in [-0.15, -0.1) is 11.3 Å². The number of carbonyl (C=O) groups is 1. The van der Waals surface area contributed by atoms with Crippen LogP contribution in [0.2, 0.25) is 0 Å². The molecule has 1 aliphatic heterocycles. The minimum Gasteiger partial charge on any atom is -0.344 e. The van der Waals surface area contributed by atoms with Crippen molar-refractivity contribution < 1.29 is 18.0 Å². The Morgan fingerprint density at radius 2 is 1.69 bits per heavy atom. The van der Waals surface area contributed by atoms with E-state index < -0.39 is 11.7 Å². The van der Waals surface area contributed by atoms with Gasteiger partial charge in [-0.1, -0.05) is 42.5 Å². The SMILES string of the molecule is O=CN1CC(c2ccc(C(F)(F)F)cc2)CC(c2ncc(-c3ccccc3)s2)C1. The first-order valence-electron chi connectivity index (χ1n) is 9.31. The fraction of sp³-hybridized carbons (Fsp3) is 0.273. The Kier molecular flexibility index (Phi) is 5.41. The summed E-state index contributed by atoms with van der Waals surface area (Å²) >= 11 is 1.61. The van der Waals surface area contributed by atoms with Crippen LogP contribution in [0, 0.1) is 0 Å². The van der Waals surface area contributed by atoms with Crippen molar-refractivity contribution in [1.82, 2.24) is 9.88 Å². The Hall–Kier alpha value is -2.67. The van der Waals surface area contributed by atoms with Gasteiger partial charge in [0.05, 0.1) is 15.4 Å². The molecule has 0 spiro atoms. The van der Waals surface area contributed by atoms with Crippen LogP contribution >= 0.6 is 11.3 Å². The number of hydrogen-bond acceptors (Lipinski definition) is 3. The van der Waals surface area contributed by atoms with E-state index in [4.69, 9.17) is 0 Å². The third kappa shape index (κ3) is 4.34. The second kappa shape index (κ2) is 7.99. The molecule has 1 aromatic heterocycles. The molecule has 0 aliphatic carbocycles. The Bertz CT molecular complexity index is 970. The van der Waals surface area contributed by atoms with Crippen LogP contribution in [0.15, 0.2) is 60.8 Å². The van der Waals surface area contributed by atoms with E-state index in [0.29, 0.717) is 13.1 Å². The monoisotopic (exact) mass is 416 g/mol. The first-order chi connectivity index (χ1) is 13.9. The summed E-state index contributed by atoms with van der Waals surface area (Å²) in [5.41, 5.74) is 1.25. The zero-order valence-electron chi connectivity index (χ0n) is 15.5. The Morgan fingerprint density at radius 1 is 1.00 bits per heavy atom. The first kappa shape index (κ1) is 19.6. The number of nitrogens with zero attached hydrogens (tertiary/aromatic N) is 2. The van der Waals surface area contributed by atoms with Crippen LogP contribution < -0.4 is 0 Å². The lowest BCUT2D eigenvalue weighted by atomic mass is 9.84. The number of amides is 1. The van der Waals surface area contributed by atoms with E-state index in [9.17, 15) is 18.0 Å². The molecule has 0 N–H and O–H groups in total. The van der Waals surface area contributed by atoms with Crippen LogP contribution in [-0.4, -0.2) is 29.4 Å². The van der Waals surface area contributed by atoms with E-state index in [1.54, 1.807) is 16.2 Å². The zero-order valence-corrected chi connectivity index (χ0v) is 16.3. The van der Waals surface area contributed by atoms with Crippen molar-refractivity contribution in [2.75, 3.05) is 13.1 Å². The molecule has 3 nitrogen and oxygen atoms in total. The van der Waals surface area contributed by atoms with Gasteiger partial charge in [0.1, 0.15) is 0 Å². The summed E-state index contributed by atoms with van der Waals surface area (Å²) < 4.78 is 38.5. The lowest BCUT2D eigenvalue weighted by molar-refractivity contribution is -0.137. The number of benzene rings is 2. The second-order valence-electron chi connectivity index (χ2n) is 7.24. The topological polar surface area (TPSA) is 33.2 Å². The minimum absolute atomic E-state index is 0.0229. The van der Waals surface area contributed by atoms with Gasteiger partial charge in [0.2, 0.25) is 6.41 Å². The minimum atomic E-state index is -4.35. The summed E-state index contributed by atoms with van der Waals surface area (Å²) in [6.45, 7) is 1.07. The Morgan fingerprint density at radius 3 is 2.34 bits per heavy atom. The van der Waals surface area contributed by atoms with Crippen LogP contribution in [0.5, 0.6) is 0 Å². The summed E-state index contributed by atoms with van der Waals surface area (Å²) in [5, 5.41) is 0.951. The van der Waals surface area contributed by atoms with E-state index in [1.165, 1.54) is 12.1 Å². The van der Waals surface area contributed by atoms with Gasteiger partial charge < -0.3 is 4.90 Å². The second-order valence-corrected chi connectivity index (χ2v) is 8.30. The number of alkyl halides is 3. The van der Waals surface area contributed by atoms with E-state index in [-0.39, 0.29) is 11.8 Å². The number of thiazole rings is 1. The van der Waals surface area contributed by atoms with Gasteiger partial charge in [0.25, 0.3) is 0 Å². The maximum atomic E-state index is 12.8. The molecule has 150 valence electrons. The first-order valence-corrected chi connectivity index (χ1v) is 10.1. The molecule has 7 heteroatoms. The van der Waals surface area contributed by atoms with Crippen molar-refractivity contribution in [1.29, 1.82) is 0 Å². The summed E-state index contributed by atoms with van der Waals surface area (Å²) in [7, 11) is 0. The van der Waals surface area contributed by atoms with E-state index in [0.717, 1.165) is 46.0 Å². The highest BCUT2D eigenvalue weighted by Gasteiger charge is 2.33. The van der Waals surface area contributed by atoms with E-state index >= 15 is 0 Å². The summed E-state index contributed by atoms with van der Waals surface area (Å²) in [4.78, 5) is 18.8. The standard InChI is InChI=1S/C22H19F3N2OS/c23-22(24,25)19-8-6-15(7-9-19)17-10-18(13-27(12-17)14-28)21-26-11-20(29-21)16-4-2-1-3-5-16/h1-9,11,14,17-18H,10,12-13H2. The molecule has 0 bridgehead atoms. The van der Waals surface area contributed by atoms with Crippen LogP contribution in [0.1, 0.15) is 34.4 Å². The van der Waals surface area contributed by atoms with Gasteiger partial charge >= 0.3 is 6.18 Å². The molecule has 1 fully saturated rings. The maximum Gasteiger partial charge on any atom is 0.416 e. The lowest BCUT2D eigenvalue weighted by Gasteiger charge is -2.35. The van der Waals surface area contributed by atoms with Crippen molar-refractivity contribution in [3.05, 3.63) is 76.9 Å². The van der Waals surface area contributed by atoms with Gasteiger partial charge in [-0.05, 0) is 29.7 Å². The number of aromatic nitrogens is 1. The third-order valence-electron chi connectivity index (χ3n) is 5.27. The summed E-state index contributed by atoms with van der Waals surface area (Å²) in [6, 6.07) is 15.2. The van der Waals surface area contributed by atoms with Crippen molar-refractivity contribution in [2.24, 2.45) is 0 Å². The normalized spacial score (nSPS) is 19.9. The lowest BCUT2D eigenvalue weighted by Crippen LogP contribution is -2.37. The zero-order chi connectivity index (χ0) is 20.4. The molecule has 2 heterocycles. The molecule has 0 radical (unpaired) electrons. The molecule has 1 amide bonds. The van der Waals surface area contributed by atoms with Crippen LogP contribution in [0.25, 0.3) is 10.4 Å². The van der Waals surface area contributed by atoms with Gasteiger partial charge in [-0.3, -0.25) is 4.79 Å². The van der Waals surface area contributed by atoms with Gasteiger partial charge in [-0.25, -0.2) is 4.98 Å². The largest absolute Gasteiger partial charge is 0.416 e. The summed E-state index contributed by atoms with van der Waals surface area (Å²) in [5.74, 6) is 0.0361. The average molecular weight is 416 g/mol. The average Bonchev–Trinajstić information content (AvgIpc) is 3.24. The van der Waals surface area contributed by atoms with Crippen LogP contribution in [-0.2, 0) is 11.0 Å². The highest BCUT2D eigenvalue weighted by atomic mass is 32.1.